The second-order valence-electron chi connectivity index (χ2n) is 12.2. The van der Waals surface area contributed by atoms with Gasteiger partial charge in [0.2, 0.25) is 11.8 Å². The molecule has 6 heterocycles. The first kappa shape index (κ1) is 32.5. The van der Waals surface area contributed by atoms with E-state index in [2.05, 4.69) is 82.0 Å². The highest BCUT2D eigenvalue weighted by Gasteiger charge is 2.21. The van der Waals surface area contributed by atoms with Crippen molar-refractivity contribution in [2.24, 2.45) is 12.8 Å². The van der Waals surface area contributed by atoms with E-state index in [1.165, 1.54) is 0 Å². The summed E-state index contributed by atoms with van der Waals surface area (Å²) in [6.45, 7) is 1.22. The van der Waals surface area contributed by atoms with Gasteiger partial charge in [-0.25, -0.2) is 19.3 Å². The molecule has 8 aromatic rings. The van der Waals surface area contributed by atoms with Crippen LogP contribution in [0, 0.1) is 0 Å². The van der Waals surface area contributed by atoms with Crippen LogP contribution in [0.5, 0.6) is 11.8 Å². The molecule has 0 bridgehead atoms. The average molecular weight is 694 g/mol. The maximum Gasteiger partial charge on any atom is 0.212 e. The third kappa shape index (κ3) is 6.24. The molecule has 0 saturated heterocycles. The molecule has 3 N–H and O–H groups in total. The number of nitrogens with two attached hydrogens (primary N) is 1. The lowest BCUT2D eigenvalue weighted by molar-refractivity contribution is 0.397. The molecule has 2 aromatic carbocycles. The summed E-state index contributed by atoms with van der Waals surface area (Å²) in [5.74, 6) is 1.06. The molecule has 2 unspecified atom stereocenters. The molecule has 6 aromatic heterocycles. The van der Waals surface area contributed by atoms with Crippen molar-refractivity contribution in [3.63, 3.8) is 0 Å². The van der Waals surface area contributed by atoms with Crippen molar-refractivity contribution in [1.29, 1.82) is 0 Å². The molecule has 0 aliphatic carbocycles. The van der Waals surface area contributed by atoms with Crippen LogP contribution in [-0.4, -0.2) is 68.7 Å². The standard InChI is InChI=1S/C37H35N13O2/c1-48-32(22-43-46-48)36(26-7-9-34(52-3)42-20-26)45-27-17-28(37-29(18-27)39-11-12-40-37)24-5-4-23-10-13-49(30(23)16-24)14-15-50-31(21-44-47-50)35(38)25-6-8-33(51-2)41-19-25/h4-13,16-22,35-36,45H,14-15,38H2,1-3H3. The highest BCUT2D eigenvalue weighted by molar-refractivity contribution is 5.97. The summed E-state index contributed by atoms with van der Waals surface area (Å²) in [6.07, 6.45) is 12.5. The lowest BCUT2D eigenvalue weighted by Gasteiger charge is -2.21. The van der Waals surface area contributed by atoms with Crippen LogP contribution in [0.1, 0.15) is 34.6 Å². The zero-order chi connectivity index (χ0) is 35.6. The number of hydrogen-bond acceptors (Lipinski definition) is 12. The van der Waals surface area contributed by atoms with Crippen LogP contribution >= 0.6 is 0 Å². The van der Waals surface area contributed by atoms with Gasteiger partial charge in [-0.3, -0.25) is 9.97 Å². The summed E-state index contributed by atoms with van der Waals surface area (Å²) in [5, 5.41) is 21.7. The van der Waals surface area contributed by atoms with E-state index >= 15 is 0 Å². The average Bonchev–Trinajstić information content (AvgIpc) is 3.95. The predicted molar refractivity (Wildman–Crippen MR) is 195 cm³/mol. The maximum atomic E-state index is 6.62. The second-order valence-corrected chi connectivity index (χ2v) is 12.2. The molecule has 0 aliphatic heterocycles. The van der Waals surface area contributed by atoms with Crippen molar-refractivity contribution >= 4 is 27.6 Å². The number of pyridine rings is 2. The van der Waals surface area contributed by atoms with Crippen molar-refractivity contribution in [1.82, 2.24) is 54.5 Å². The number of anilines is 1. The third-order valence-electron chi connectivity index (χ3n) is 9.16. The van der Waals surface area contributed by atoms with Gasteiger partial charge in [0.15, 0.2) is 0 Å². The Labute approximate surface area is 298 Å². The van der Waals surface area contributed by atoms with E-state index < -0.39 is 6.04 Å². The van der Waals surface area contributed by atoms with Gasteiger partial charge in [0.1, 0.15) is 0 Å². The fourth-order valence-electron chi connectivity index (χ4n) is 6.41. The fourth-order valence-corrected chi connectivity index (χ4v) is 6.41. The Morgan fingerprint density at radius 2 is 1.50 bits per heavy atom. The number of fused-ring (bicyclic) bond motifs is 2. The fraction of sp³-hybridized carbons (Fsp3) is 0.189. The molecule has 2 atom stereocenters. The number of nitrogens with zero attached hydrogens (tertiary/aromatic N) is 11. The molecule has 0 radical (unpaired) electrons. The number of aryl methyl sites for hydroxylation is 3. The zero-order valence-electron chi connectivity index (χ0n) is 28.7. The number of hydrogen-bond donors (Lipinski definition) is 2. The van der Waals surface area contributed by atoms with Gasteiger partial charge >= 0.3 is 0 Å². The number of nitrogens with one attached hydrogen (secondary N) is 1. The zero-order valence-corrected chi connectivity index (χ0v) is 28.7. The van der Waals surface area contributed by atoms with E-state index in [1.54, 1.807) is 62.1 Å². The van der Waals surface area contributed by atoms with Crippen LogP contribution in [-0.2, 0) is 20.1 Å². The first-order chi connectivity index (χ1) is 25.5. The Hall–Kier alpha value is -6.74. The summed E-state index contributed by atoms with van der Waals surface area (Å²) < 4.78 is 16.3. The van der Waals surface area contributed by atoms with Crippen LogP contribution in [0.25, 0.3) is 33.1 Å². The number of ether oxygens (including phenoxy) is 2. The van der Waals surface area contributed by atoms with Crippen LogP contribution in [0.3, 0.4) is 0 Å². The summed E-state index contributed by atoms with van der Waals surface area (Å²) in [7, 11) is 5.05. The minimum absolute atomic E-state index is 0.309. The van der Waals surface area contributed by atoms with Crippen molar-refractivity contribution in [2.45, 2.75) is 25.2 Å². The minimum Gasteiger partial charge on any atom is -0.481 e. The van der Waals surface area contributed by atoms with Crippen LogP contribution in [0.4, 0.5) is 5.69 Å². The van der Waals surface area contributed by atoms with E-state index in [4.69, 9.17) is 20.2 Å². The molecule has 0 amide bonds. The van der Waals surface area contributed by atoms with E-state index in [9.17, 15) is 0 Å². The smallest absolute Gasteiger partial charge is 0.212 e. The molecule has 0 aliphatic rings. The quantitative estimate of drug-likeness (QED) is 0.180. The van der Waals surface area contributed by atoms with Gasteiger partial charge in [-0.2, -0.15) is 0 Å². The molecular weight excluding hydrogens is 658 g/mol. The van der Waals surface area contributed by atoms with Gasteiger partial charge in [-0.1, -0.05) is 28.6 Å². The predicted octanol–water partition coefficient (Wildman–Crippen LogP) is 4.73. The van der Waals surface area contributed by atoms with Crippen molar-refractivity contribution in [2.75, 3.05) is 19.5 Å². The summed E-state index contributed by atoms with van der Waals surface area (Å²) in [5.41, 5.74) is 15.5. The van der Waals surface area contributed by atoms with Crippen molar-refractivity contribution < 1.29 is 9.47 Å². The molecule has 8 rings (SSSR count). The molecule has 15 heteroatoms. The highest BCUT2D eigenvalue weighted by Crippen LogP contribution is 2.35. The first-order valence-corrected chi connectivity index (χ1v) is 16.6. The van der Waals surface area contributed by atoms with Gasteiger partial charge in [-0.05, 0) is 52.4 Å². The highest BCUT2D eigenvalue weighted by atomic mass is 16.5. The lowest BCUT2D eigenvalue weighted by atomic mass is 10.0. The van der Waals surface area contributed by atoms with Gasteiger partial charge in [-0.15, -0.1) is 10.2 Å². The molecule has 260 valence electrons. The molecule has 0 fully saturated rings. The third-order valence-corrected chi connectivity index (χ3v) is 9.16. The normalized spacial score (nSPS) is 12.6. The monoisotopic (exact) mass is 693 g/mol. The maximum absolute atomic E-state index is 6.62. The van der Waals surface area contributed by atoms with Crippen LogP contribution in [0.15, 0.2) is 104 Å². The van der Waals surface area contributed by atoms with Gasteiger partial charge in [0.25, 0.3) is 0 Å². The Bertz CT molecular complexity index is 2470. The van der Waals surface area contributed by atoms with E-state index in [0.29, 0.717) is 24.8 Å². The van der Waals surface area contributed by atoms with Crippen molar-refractivity contribution in [3.8, 4) is 22.9 Å². The van der Waals surface area contributed by atoms with Gasteiger partial charge in [0.05, 0.1) is 67.7 Å². The number of benzene rings is 2. The minimum atomic E-state index is -0.439. The van der Waals surface area contributed by atoms with E-state index in [1.807, 2.05) is 36.0 Å². The first-order valence-electron chi connectivity index (χ1n) is 16.6. The van der Waals surface area contributed by atoms with E-state index in [0.717, 1.165) is 61.3 Å². The second kappa shape index (κ2) is 13.9. The summed E-state index contributed by atoms with van der Waals surface area (Å²) in [6, 6.07) is 19.4. The SMILES string of the molecule is COc1ccc(C(N)c2cnnn2CCn2ccc3ccc(-c4cc(NC(c5ccc(OC)nc5)c5cnnn5C)cc5nccnc45)cc32)cn1. The Balaban J connectivity index is 1.11. The molecule has 0 saturated carbocycles. The van der Waals surface area contributed by atoms with Crippen LogP contribution < -0.4 is 20.5 Å². The lowest BCUT2D eigenvalue weighted by Crippen LogP contribution is -2.19. The van der Waals surface area contributed by atoms with Gasteiger partial charge < -0.3 is 25.1 Å². The molecule has 15 nitrogen and oxygen atoms in total. The van der Waals surface area contributed by atoms with Gasteiger partial charge in [0, 0.05) is 73.5 Å². The Morgan fingerprint density at radius 1 is 0.750 bits per heavy atom. The van der Waals surface area contributed by atoms with Crippen LogP contribution in [0.2, 0.25) is 0 Å². The number of methoxy groups -OCH3 is 2. The summed E-state index contributed by atoms with van der Waals surface area (Å²) >= 11 is 0. The van der Waals surface area contributed by atoms with Crippen molar-refractivity contribution in [3.05, 3.63) is 127 Å². The Kier molecular flexibility index (Phi) is 8.66. The number of rotatable bonds is 12. The largest absolute Gasteiger partial charge is 0.481 e. The molecule has 52 heavy (non-hydrogen) atoms. The Morgan fingerprint density at radius 3 is 2.23 bits per heavy atom. The van der Waals surface area contributed by atoms with E-state index in [-0.39, 0.29) is 6.04 Å². The molecule has 0 spiro atoms. The summed E-state index contributed by atoms with van der Waals surface area (Å²) in [4.78, 5) is 18.2. The molecular formula is C37H35N13O2. The topological polar surface area (TPSA) is 174 Å². The number of aromatic nitrogens is 11.